The number of hydrogen-bond donors (Lipinski definition) is 0. The molecule has 13 heteroatoms. The normalized spacial score (nSPS) is 19.6. The van der Waals surface area contributed by atoms with Crippen LogP contribution in [0.3, 0.4) is 0 Å². The van der Waals surface area contributed by atoms with Crippen molar-refractivity contribution in [2.75, 3.05) is 19.8 Å². The summed E-state index contributed by atoms with van der Waals surface area (Å²) in [6.07, 6.45) is -6.94. The quantitative estimate of drug-likeness (QED) is 0.0386. The number of azide groups is 1. The molecule has 1 saturated heterocycles. The van der Waals surface area contributed by atoms with E-state index in [9.17, 15) is 19.2 Å². The molecule has 0 aromatic heterocycles. The molecule has 0 radical (unpaired) electrons. The van der Waals surface area contributed by atoms with Crippen LogP contribution in [-0.4, -0.2) is 74.3 Å². The van der Waals surface area contributed by atoms with Gasteiger partial charge in [0.15, 0.2) is 24.6 Å². The van der Waals surface area contributed by atoms with Crippen LogP contribution in [0.4, 0.5) is 0 Å². The molecule has 50 heavy (non-hydrogen) atoms. The maximum absolute atomic E-state index is 13.6. The molecule has 1 aliphatic rings. The van der Waals surface area contributed by atoms with E-state index in [4.69, 9.17) is 34.0 Å². The van der Waals surface area contributed by atoms with Crippen molar-refractivity contribution in [1.82, 2.24) is 0 Å². The number of carbonyl (C=O) groups is 4. The number of carbonyl (C=O) groups excluding carboxylic acids is 4. The van der Waals surface area contributed by atoms with Gasteiger partial charge in [0.2, 0.25) is 0 Å². The van der Waals surface area contributed by atoms with Crippen LogP contribution in [0.25, 0.3) is 10.4 Å². The summed E-state index contributed by atoms with van der Waals surface area (Å²) >= 11 is 0. The highest BCUT2D eigenvalue weighted by atomic mass is 16.7. The summed E-state index contributed by atoms with van der Waals surface area (Å²) in [5.41, 5.74) is 9.46. The Hall–Kier alpha value is -6.01. The average Bonchev–Trinajstić information content (AvgIpc) is 3.17. The van der Waals surface area contributed by atoms with Gasteiger partial charge in [0.05, 0.1) is 28.9 Å². The van der Waals surface area contributed by atoms with E-state index < -0.39 is 61.2 Å². The Morgan fingerprint density at radius 1 is 0.600 bits per heavy atom. The monoisotopic (exact) mass is 679 g/mol. The predicted octanol–water partition coefficient (Wildman–Crippen LogP) is 5.96. The molecule has 0 N–H and O–H groups in total. The Bertz CT molecular complexity index is 1770. The van der Waals surface area contributed by atoms with E-state index in [1.165, 1.54) is 36.4 Å². The molecule has 1 heterocycles. The zero-order valence-corrected chi connectivity index (χ0v) is 26.7. The topological polar surface area (TPSA) is 172 Å². The van der Waals surface area contributed by atoms with Crippen molar-refractivity contribution < 1.29 is 47.6 Å². The molecule has 13 nitrogen and oxygen atoms in total. The summed E-state index contributed by atoms with van der Waals surface area (Å²) in [5.74, 6) is -3.11. The van der Waals surface area contributed by atoms with Gasteiger partial charge in [0.25, 0.3) is 0 Å². The molecule has 0 bridgehead atoms. The molecule has 4 aromatic rings. The molecule has 4 aromatic carbocycles. The Balaban J connectivity index is 1.53. The zero-order chi connectivity index (χ0) is 35.1. The van der Waals surface area contributed by atoms with E-state index in [1.807, 2.05) is 0 Å². The lowest BCUT2D eigenvalue weighted by Gasteiger charge is -2.44. The van der Waals surface area contributed by atoms with Gasteiger partial charge in [-0.25, -0.2) is 19.2 Å². The van der Waals surface area contributed by atoms with E-state index in [-0.39, 0.29) is 41.8 Å². The molecule has 1 aliphatic heterocycles. The van der Waals surface area contributed by atoms with E-state index >= 15 is 0 Å². The summed E-state index contributed by atoms with van der Waals surface area (Å²) in [6.45, 7) is -0.412. The second-order valence-corrected chi connectivity index (χ2v) is 10.9. The molecular weight excluding hydrogens is 646 g/mol. The average molecular weight is 680 g/mol. The number of rotatable bonds is 14. The standard InChI is InChI=1S/C37H33N3O10/c38-40-39-22-13-23-45-37-32(50-36(44)28-20-11-4-12-21-28)31(49-35(43)27-18-9-3-10-19-27)30(48-34(42)26-16-7-2-8-17-26)29(47-37)24-46-33(41)25-14-5-1-6-15-25/h1-12,14-21,29-32,37H,13,22-24H2/t29-,30-,31+,32+,37+/m1/s1. The van der Waals surface area contributed by atoms with Gasteiger partial charge < -0.3 is 28.4 Å². The first-order valence-corrected chi connectivity index (χ1v) is 15.7. The van der Waals surface area contributed by atoms with Crippen LogP contribution in [0, 0.1) is 0 Å². The van der Waals surface area contributed by atoms with Crippen molar-refractivity contribution in [1.29, 1.82) is 0 Å². The van der Waals surface area contributed by atoms with Crippen molar-refractivity contribution in [3.8, 4) is 0 Å². The van der Waals surface area contributed by atoms with Gasteiger partial charge in [0.1, 0.15) is 12.7 Å². The summed E-state index contributed by atoms with van der Waals surface area (Å²) in [6, 6.07) is 32.4. The lowest BCUT2D eigenvalue weighted by molar-refractivity contribution is -0.298. The molecular formula is C37H33N3O10. The van der Waals surface area contributed by atoms with E-state index in [1.54, 1.807) is 84.9 Å². The first-order chi connectivity index (χ1) is 24.4. The fraction of sp³-hybridized carbons (Fsp3) is 0.243. The van der Waals surface area contributed by atoms with E-state index in [0.717, 1.165) is 0 Å². The minimum absolute atomic E-state index is 0.0343. The predicted molar refractivity (Wildman–Crippen MR) is 177 cm³/mol. The first kappa shape index (κ1) is 35.3. The molecule has 5 rings (SSSR count). The Kier molecular flexibility index (Phi) is 12.7. The second-order valence-electron chi connectivity index (χ2n) is 10.9. The highest BCUT2D eigenvalue weighted by molar-refractivity contribution is 5.91. The van der Waals surface area contributed by atoms with Crippen molar-refractivity contribution in [3.63, 3.8) is 0 Å². The van der Waals surface area contributed by atoms with Gasteiger partial charge in [-0.1, -0.05) is 77.9 Å². The zero-order valence-electron chi connectivity index (χ0n) is 26.7. The Labute approximate surface area is 287 Å². The largest absolute Gasteiger partial charge is 0.459 e. The third kappa shape index (κ3) is 9.54. The second kappa shape index (κ2) is 17.9. The van der Waals surface area contributed by atoms with Gasteiger partial charge in [0, 0.05) is 11.5 Å². The Morgan fingerprint density at radius 3 is 1.48 bits per heavy atom. The molecule has 0 unspecified atom stereocenters. The van der Waals surface area contributed by atoms with Gasteiger partial charge in [-0.2, -0.15) is 0 Å². The van der Waals surface area contributed by atoms with Crippen molar-refractivity contribution in [2.45, 2.75) is 37.1 Å². The molecule has 5 atom stereocenters. The highest BCUT2D eigenvalue weighted by Gasteiger charge is 2.53. The van der Waals surface area contributed by atoms with Crippen LogP contribution < -0.4 is 0 Å². The third-order valence-electron chi connectivity index (χ3n) is 7.49. The lowest BCUT2D eigenvalue weighted by atomic mass is 9.97. The first-order valence-electron chi connectivity index (χ1n) is 15.7. The molecule has 0 saturated carbocycles. The molecule has 0 spiro atoms. The van der Waals surface area contributed by atoms with Crippen molar-refractivity contribution >= 4 is 23.9 Å². The number of hydrogen-bond acceptors (Lipinski definition) is 11. The maximum Gasteiger partial charge on any atom is 0.338 e. The fourth-order valence-electron chi connectivity index (χ4n) is 5.04. The maximum atomic E-state index is 13.6. The smallest absolute Gasteiger partial charge is 0.338 e. The summed E-state index contributed by atoms with van der Waals surface area (Å²) in [4.78, 5) is 56.3. The lowest BCUT2D eigenvalue weighted by Crippen LogP contribution is -2.63. The van der Waals surface area contributed by atoms with Crippen LogP contribution in [0.15, 0.2) is 126 Å². The minimum Gasteiger partial charge on any atom is -0.459 e. The van der Waals surface area contributed by atoms with Crippen LogP contribution in [0.1, 0.15) is 47.9 Å². The van der Waals surface area contributed by atoms with Crippen molar-refractivity contribution in [2.24, 2.45) is 5.11 Å². The number of nitrogens with zero attached hydrogens (tertiary/aromatic N) is 3. The minimum atomic E-state index is -1.53. The van der Waals surface area contributed by atoms with Gasteiger partial charge in [-0.15, -0.1) is 0 Å². The molecule has 0 amide bonds. The number of benzene rings is 4. The van der Waals surface area contributed by atoms with E-state index in [0.29, 0.717) is 0 Å². The van der Waals surface area contributed by atoms with Gasteiger partial charge in [-0.3, -0.25) is 0 Å². The molecule has 1 fully saturated rings. The highest BCUT2D eigenvalue weighted by Crippen LogP contribution is 2.32. The van der Waals surface area contributed by atoms with E-state index in [2.05, 4.69) is 10.0 Å². The van der Waals surface area contributed by atoms with Crippen molar-refractivity contribution in [3.05, 3.63) is 154 Å². The van der Waals surface area contributed by atoms with Crippen LogP contribution in [0.5, 0.6) is 0 Å². The molecule has 256 valence electrons. The SMILES string of the molecule is [N-]=[N+]=NCCCO[C@H]1O[C@H](COC(=O)c2ccccc2)[C@@H](OC(=O)c2ccccc2)[C@H](OC(=O)c2ccccc2)[C@@H]1OC(=O)c1ccccc1. The van der Waals surface area contributed by atoms with Crippen LogP contribution in [-0.2, 0) is 28.4 Å². The van der Waals surface area contributed by atoms with Crippen LogP contribution in [0.2, 0.25) is 0 Å². The third-order valence-corrected chi connectivity index (χ3v) is 7.49. The summed E-state index contributed by atoms with van der Waals surface area (Å²) < 4.78 is 35.8. The molecule has 0 aliphatic carbocycles. The number of esters is 4. The van der Waals surface area contributed by atoms with Gasteiger partial charge in [-0.05, 0) is 60.5 Å². The number of ether oxygens (including phenoxy) is 6. The fourth-order valence-corrected chi connectivity index (χ4v) is 5.04. The summed E-state index contributed by atoms with van der Waals surface area (Å²) in [7, 11) is 0. The van der Waals surface area contributed by atoms with Gasteiger partial charge >= 0.3 is 23.9 Å². The Morgan fingerprint density at radius 2 is 1.02 bits per heavy atom. The summed E-state index contributed by atoms with van der Waals surface area (Å²) in [5, 5.41) is 3.51. The van der Waals surface area contributed by atoms with Crippen LogP contribution >= 0.6 is 0 Å².